The third-order valence-electron chi connectivity index (χ3n) is 6.79. The van der Waals surface area contributed by atoms with Gasteiger partial charge in [0.25, 0.3) is 0 Å². The number of para-hydroxylation sites is 2. The fourth-order valence-corrected chi connectivity index (χ4v) is 5.36. The molecule has 0 radical (unpaired) electrons. The Morgan fingerprint density at radius 1 is 0.767 bits per heavy atom. The van der Waals surface area contributed by atoms with Gasteiger partial charge in [-0.15, -0.1) is 0 Å². The van der Waals surface area contributed by atoms with E-state index in [-0.39, 0.29) is 18.7 Å². The third-order valence-corrected chi connectivity index (χ3v) is 6.79. The van der Waals surface area contributed by atoms with Crippen molar-refractivity contribution in [3.63, 3.8) is 0 Å². The zero-order valence-electron chi connectivity index (χ0n) is 18.6. The monoisotopic (exact) mass is 409 g/mol. The van der Waals surface area contributed by atoms with Gasteiger partial charge in [-0.05, 0) is 26.0 Å². The average molecular weight is 410 g/mol. The fraction of sp³-hybridized carbons (Fsp3) is 0.500. The van der Waals surface area contributed by atoms with Crippen molar-refractivity contribution in [2.75, 3.05) is 44.6 Å². The van der Waals surface area contributed by atoms with Crippen LogP contribution in [0.3, 0.4) is 0 Å². The first-order valence-electron chi connectivity index (χ1n) is 10.6. The predicted molar refractivity (Wildman–Crippen MR) is 118 cm³/mol. The molecule has 3 saturated heterocycles. The summed E-state index contributed by atoms with van der Waals surface area (Å²) in [5, 5.41) is 0. The van der Waals surface area contributed by atoms with Gasteiger partial charge in [-0.25, -0.2) is 4.90 Å². The molecule has 0 saturated carbocycles. The summed E-state index contributed by atoms with van der Waals surface area (Å²) in [7, 11) is 8.27. The van der Waals surface area contributed by atoms with Gasteiger partial charge in [-0.1, -0.05) is 36.4 Å². The van der Waals surface area contributed by atoms with E-state index in [0.717, 1.165) is 22.5 Å². The highest BCUT2D eigenvalue weighted by Crippen LogP contribution is 2.57. The predicted octanol–water partition coefficient (Wildman–Crippen LogP) is 3.32. The average Bonchev–Trinajstić information content (AvgIpc) is 3.36. The summed E-state index contributed by atoms with van der Waals surface area (Å²) in [5.74, 6) is 0. The zero-order valence-corrected chi connectivity index (χ0v) is 18.6. The summed E-state index contributed by atoms with van der Waals surface area (Å²) in [6.45, 7) is 4.85. The lowest BCUT2D eigenvalue weighted by Crippen LogP contribution is -2.41. The van der Waals surface area contributed by atoms with Crippen molar-refractivity contribution in [2.24, 2.45) is 0 Å². The van der Waals surface area contributed by atoms with Crippen LogP contribution in [0.4, 0.5) is 11.4 Å². The van der Waals surface area contributed by atoms with Gasteiger partial charge in [0, 0.05) is 50.7 Å². The van der Waals surface area contributed by atoms with E-state index >= 15 is 0 Å². The van der Waals surface area contributed by atoms with E-state index in [1.807, 2.05) is 0 Å². The third kappa shape index (κ3) is 2.57. The zero-order chi connectivity index (χ0) is 21.3. The Bertz CT molecular complexity index is 913. The highest BCUT2D eigenvalue weighted by molar-refractivity contribution is 5.57. The molecule has 3 aliphatic rings. The van der Waals surface area contributed by atoms with Crippen molar-refractivity contribution in [1.82, 2.24) is 4.90 Å². The molecule has 0 amide bonds. The van der Waals surface area contributed by atoms with Crippen molar-refractivity contribution in [2.45, 2.75) is 43.7 Å². The number of ether oxygens (including phenoxy) is 3. The van der Waals surface area contributed by atoms with Crippen molar-refractivity contribution in [3.05, 3.63) is 59.7 Å². The maximum absolute atomic E-state index is 6.92. The first-order valence-corrected chi connectivity index (χ1v) is 10.6. The molecule has 30 heavy (non-hydrogen) atoms. The molecule has 0 bridgehead atoms. The van der Waals surface area contributed by atoms with Crippen LogP contribution in [0.2, 0.25) is 0 Å². The van der Waals surface area contributed by atoms with E-state index in [4.69, 9.17) is 14.2 Å². The van der Waals surface area contributed by atoms with Crippen molar-refractivity contribution < 1.29 is 14.2 Å². The Labute approximate surface area is 178 Å². The van der Waals surface area contributed by atoms with Crippen LogP contribution in [-0.2, 0) is 25.4 Å². The van der Waals surface area contributed by atoms with Crippen LogP contribution in [0.1, 0.15) is 25.0 Å². The molecular weight excluding hydrogens is 378 g/mol. The van der Waals surface area contributed by atoms with Gasteiger partial charge in [0.2, 0.25) is 0 Å². The lowest BCUT2D eigenvalue weighted by atomic mass is 9.91. The number of anilines is 2. The standard InChI is InChI=1S/C24H31N3O3/c1-23(16-11-7-9-13-18(16)25(3)4)21-27-20(15-28-21)29-24(2,22(27)30-23)17-12-8-10-14-19(17)26(5)6/h7-14,20-22H,15H2,1-6H3/t20-,21-,22-,23-,24-/m0/s1. The summed E-state index contributed by atoms with van der Waals surface area (Å²) < 4.78 is 19.8. The van der Waals surface area contributed by atoms with Crippen molar-refractivity contribution in [3.8, 4) is 0 Å². The molecule has 3 aliphatic heterocycles. The molecule has 0 spiro atoms. The van der Waals surface area contributed by atoms with E-state index < -0.39 is 11.2 Å². The molecule has 5 atom stereocenters. The quantitative estimate of drug-likeness (QED) is 0.771. The van der Waals surface area contributed by atoms with Gasteiger partial charge >= 0.3 is 0 Å². The van der Waals surface area contributed by atoms with Crippen LogP contribution in [0.15, 0.2) is 48.5 Å². The second-order valence-electron chi connectivity index (χ2n) is 9.21. The molecule has 160 valence electrons. The molecule has 0 aromatic heterocycles. The first kappa shape index (κ1) is 19.8. The van der Waals surface area contributed by atoms with E-state index in [9.17, 15) is 0 Å². The minimum atomic E-state index is -0.599. The Morgan fingerprint density at radius 2 is 1.27 bits per heavy atom. The molecule has 3 fully saturated rings. The van der Waals surface area contributed by atoms with E-state index in [1.54, 1.807) is 0 Å². The van der Waals surface area contributed by atoms with E-state index in [2.05, 4.69) is 105 Å². The second kappa shape index (κ2) is 6.69. The molecule has 6 heteroatoms. The van der Waals surface area contributed by atoms with Gasteiger partial charge in [-0.2, -0.15) is 0 Å². The lowest BCUT2D eigenvalue weighted by molar-refractivity contribution is -0.137. The normalized spacial score (nSPS) is 34.9. The topological polar surface area (TPSA) is 37.4 Å². The SMILES string of the molecule is CN(C)c1ccccc1[C@]1(C)O[C@H]2CO[C@@H]3N2[C@H]1O[C@@]3(C)c1ccccc1N(C)C. The van der Waals surface area contributed by atoms with E-state index in [0.29, 0.717) is 6.61 Å². The minimum Gasteiger partial charge on any atom is -0.377 e. The van der Waals surface area contributed by atoms with Gasteiger partial charge in [0.05, 0.1) is 6.61 Å². The smallest absolute Gasteiger partial charge is 0.149 e. The summed E-state index contributed by atoms with van der Waals surface area (Å²) in [6.07, 6.45) is -0.549. The first-order chi connectivity index (χ1) is 14.3. The molecule has 2 aromatic carbocycles. The molecule has 2 aromatic rings. The molecule has 6 nitrogen and oxygen atoms in total. The van der Waals surface area contributed by atoms with Gasteiger partial charge in [-0.3, -0.25) is 0 Å². The Balaban J connectivity index is 1.61. The maximum atomic E-state index is 6.92. The molecule has 0 aliphatic carbocycles. The maximum Gasteiger partial charge on any atom is 0.149 e. The molecule has 5 rings (SSSR count). The fourth-order valence-electron chi connectivity index (χ4n) is 5.36. The summed E-state index contributed by atoms with van der Waals surface area (Å²) in [6, 6.07) is 16.9. The summed E-state index contributed by atoms with van der Waals surface area (Å²) in [4.78, 5) is 6.56. The lowest BCUT2D eigenvalue weighted by Gasteiger charge is -2.36. The number of rotatable bonds is 4. The Kier molecular flexibility index (Phi) is 4.42. The van der Waals surface area contributed by atoms with Crippen LogP contribution in [0.25, 0.3) is 0 Å². The van der Waals surface area contributed by atoms with Crippen LogP contribution >= 0.6 is 0 Å². The highest BCUT2D eigenvalue weighted by atomic mass is 16.7. The summed E-state index contributed by atoms with van der Waals surface area (Å²) >= 11 is 0. The molecule has 0 unspecified atom stereocenters. The van der Waals surface area contributed by atoms with E-state index in [1.165, 1.54) is 0 Å². The number of hydrogen-bond donors (Lipinski definition) is 0. The van der Waals surface area contributed by atoms with Crippen LogP contribution < -0.4 is 9.80 Å². The second-order valence-corrected chi connectivity index (χ2v) is 9.21. The Morgan fingerprint density at radius 3 is 1.80 bits per heavy atom. The largest absolute Gasteiger partial charge is 0.377 e. The molecule has 3 heterocycles. The minimum absolute atomic E-state index is 0.117. The molecule has 0 N–H and O–H groups in total. The highest BCUT2D eigenvalue weighted by Gasteiger charge is 2.68. The number of benzene rings is 2. The number of hydrogen-bond acceptors (Lipinski definition) is 6. The van der Waals surface area contributed by atoms with Crippen LogP contribution in [0.5, 0.6) is 0 Å². The molecular formula is C24H31N3O3. The van der Waals surface area contributed by atoms with Gasteiger partial charge < -0.3 is 24.0 Å². The van der Waals surface area contributed by atoms with Gasteiger partial charge in [0.1, 0.15) is 29.9 Å². The Hall–Kier alpha value is -2.12. The number of nitrogens with zero attached hydrogens (tertiary/aromatic N) is 3. The van der Waals surface area contributed by atoms with Crippen molar-refractivity contribution in [1.29, 1.82) is 0 Å². The van der Waals surface area contributed by atoms with Crippen molar-refractivity contribution >= 4 is 11.4 Å². The van der Waals surface area contributed by atoms with Crippen LogP contribution in [-0.4, -0.2) is 58.4 Å². The van der Waals surface area contributed by atoms with Gasteiger partial charge in [0.15, 0.2) is 0 Å². The summed E-state index contributed by atoms with van der Waals surface area (Å²) in [5.41, 5.74) is 3.36. The van der Waals surface area contributed by atoms with Crippen LogP contribution in [0, 0.1) is 0 Å².